The minimum atomic E-state index is -0.191. The molecule has 4 fully saturated rings. The smallest absolute Gasteiger partial charge is 0.226 e. The molecular formula is C20H22ClN3O2S2. The summed E-state index contributed by atoms with van der Waals surface area (Å²) in [7, 11) is 0. The number of ketones is 1. The van der Waals surface area contributed by atoms with Gasteiger partial charge in [0.15, 0.2) is 5.78 Å². The van der Waals surface area contributed by atoms with Gasteiger partial charge in [0.25, 0.3) is 0 Å². The average molecular weight is 436 g/mol. The highest BCUT2D eigenvalue weighted by Crippen LogP contribution is 2.61. The van der Waals surface area contributed by atoms with Gasteiger partial charge in [-0.25, -0.2) is 0 Å². The molecule has 4 aliphatic carbocycles. The second kappa shape index (κ2) is 7.18. The van der Waals surface area contributed by atoms with Crippen LogP contribution < -0.4 is 5.32 Å². The molecule has 1 amide bonds. The summed E-state index contributed by atoms with van der Waals surface area (Å²) in [5, 5.41) is 13.2. The Balaban J connectivity index is 1.20. The number of halogens is 1. The van der Waals surface area contributed by atoms with Crippen molar-refractivity contribution in [3.8, 4) is 0 Å². The minimum absolute atomic E-state index is 0.0569. The number of rotatable bonds is 6. The fourth-order valence-electron chi connectivity index (χ4n) is 5.86. The van der Waals surface area contributed by atoms with Crippen molar-refractivity contribution in [1.29, 1.82) is 0 Å². The van der Waals surface area contributed by atoms with Gasteiger partial charge in [0.1, 0.15) is 5.01 Å². The Morgan fingerprint density at radius 3 is 2.32 bits per heavy atom. The molecule has 0 atom stereocenters. The minimum Gasteiger partial charge on any atom is -0.301 e. The predicted molar refractivity (Wildman–Crippen MR) is 111 cm³/mol. The maximum atomic E-state index is 12.3. The van der Waals surface area contributed by atoms with E-state index < -0.39 is 0 Å². The van der Waals surface area contributed by atoms with Crippen LogP contribution in [0.3, 0.4) is 0 Å². The summed E-state index contributed by atoms with van der Waals surface area (Å²) < 4.78 is 0.582. The number of aromatic nitrogens is 2. The van der Waals surface area contributed by atoms with E-state index in [1.807, 2.05) is 0 Å². The third-order valence-corrected chi connectivity index (χ3v) is 8.95. The zero-order valence-electron chi connectivity index (χ0n) is 15.4. The topological polar surface area (TPSA) is 72.0 Å². The maximum Gasteiger partial charge on any atom is 0.226 e. The number of anilines is 1. The van der Waals surface area contributed by atoms with Crippen molar-refractivity contribution >= 4 is 51.1 Å². The van der Waals surface area contributed by atoms with Gasteiger partial charge in [-0.15, -0.1) is 21.5 Å². The summed E-state index contributed by atoms with van der Waals surface area (Å²) in [6, 6.07) is 3.41. The zero-order chi connectivity index (χ0) is 19.3. The van der Waals surface area contributed by atoms with E-state index in [1.54, 1.807) is 12.1 Å². The second-order valence-corrected chi connectivity index (χ2v) is 11.4. The summed E-state index contributed by atoms with van der Waals surface area (Å²) >= 11 is 8.64. The standard InChI is InChI=1S/C20H22ClN3O2S2/c21-16-3-2-15(27-16)14(25)1-4-17(26)22-19-24-23-18(28-19)20-8-11-5-12(9-20)7-13(6-11)10-20/h2-3,11-13H,1,4-10H2,(H,22,24,26). The fraction of sp³-hybridized carbons (Fsp3) is 0.600. The molecule has 1 N–H and O–H groups in total. The van der Waals surface area contributed by atoms with E-state index in [0.29, 0.717) is 14.3 Å². The highest BCUT2D eigenvalue weighted by Gasteiger charge is 2.53. The van der Waals surface area contributed by atoms with E-state index >= 15 is 0 Å². The van der Waals surface area contributed by atoms with Crippen molar-refractivity contribution in [3.05, 3.63) is 26.4 Å². The monoisotopic (exact) mass is 435 g/mol. The first-order chi connectivity index (χ1) is 13.5. The second-order valence-electron chi connectivity index (χ2n) is 8.69. The first-order valence-corrected chi connectivity index (χ1v) is 11.9. The highest BCUT2D eigenvalue weighted by atomic mass is 35.5. The lowest BCUT2D eigenvalue weighted by Crippen LogP contribution is -2.48. The summed E-state index contributed by atoms with van der Waals surface area (Å²) in [4.78, 5) is 25.0. The van der Waals surface area contributed by atoms with Gasteiger partial charge in [-0.05, 0) is 68.4 Å². The first-order valence-electron chi connectivity index (χ1n) is 9.91. The molecule has 6 rings (SSSR count). The third-order valence-electron chi connectivity index (χ3n) is 6.59. The van der Waals surface area contributed by atoms with Gasteiger partial charge in [-0.1, -0.05) is 22.9 Å². The molecule has 0 radical (unpaired) electrons. The Hall–Kier alpha value is -1.31. The summed E-state index contributed by atoms with van der Waals surface area (Å²) in [6.07, 6.45) is 8.20. The number of nitrogens with zero attached hydrogens (tertiary/aromatic N) is 2. The molecule has 0 spiro atoms. The number of nitrogens with one attached hydrogen (secondary N) is 1. The van der Waals surface area contributed by atoms with Crippen LogP contribution in [-0.2, 0) is 10.2 Å². The van der Waals surface area contributed by atoms with Crippen molar-refractivity contribution in [2.45, 2.75) is 56.8 Å². The van der Waals surface area contributed by atoms with E-state index in [9.17, 15) is 9.59 Å². The molecule has 0 aliphatic heterocycles. The van der Waals surface area contributed by atoms with Gasteiger partial charge in [0, 0.05) is 18.3 Å². The summed E-state index contributed by atoms with van der Waals surface area (Å²) in [5.74, 6) is 2.31. The normalized spacial score (nSPS) is 30.5. The van der Waals surface area contributed by atoms with Crippen LogP contribution >= 0.6 is 34.3 Å². The molecule has 5 nitrogen and oxygen atoms in total. The molecular weight excluding hydrogens is 414 g/mol. The van der Waals surface area contributed by atoms with Crippen molar-refractivity contribution < 1.29 is 9.59 Å². The zero-order valence-corrected chi connectivity index (χ0v) is 17.8. The molecule has 8 heteroatoms. The van der Waals surface area contributed by atoms with Crippen LogP contribution in [0.15, 0.2) is 12.1 Å². The Morgan fingerprint density at radius 2 is 1.71 bits per heavy atom. The molecule has 2 aromatic rings. The lowest BCUT2D eigenvalue weighted by atomic mass is 9.50. The Kier molecular flexibility index (Phi) is 4.80. The van der Waals surface area contributed by atoms with Crippen LogP contribution in [0, 0.1) is 17.8 Å². The van der Waals surface area contributed by atoms with Crippen LogP contribution in [-0.4, -0.2) is 21.9 Å². The first kappa shape index (κ1) is 18.7. The SMILES string of the molecule is O=C(CCC(=O)c1ccc(Cl)s1)Nc1nnc(C23CC4CC(CC(C4)C2)C3)s1. The van der Waals surface area contributed by atoms with Gasteiger partial charge in [-0.3, -0.25) is 9.59 Å². The lowest BCUT2D eigenvalue weighted by molar-refractivity contribution is -0.116. The molecule has 2 heterocycles. The number of hydrogen-bond acceptors (Lipinski definition) is 6. The highest BCUT2D eigenvalue weighted by molar-refractivity contribution is 7.18. The number of hydrogen-bond donors (Lipinski definition) is 1. The van der Waals surface area contributed by atoms with Crippen LogP contribution in [0.25, 0.3) is 0 Å². The fourth-order valence-corrected chi connectivity index (χ4v) is 7.85. The van der Waals surface area contributed by atoms with Crippen molar-refractivity contribution in [2.75, 3.05) is 5.32 Å². The van der Waals surface area contributed by atoms with Gasteiger partial charge in [-0.2, -0.15) is 0 Å². The van der Waals surface area contributed by atoms with Crippen LogP contribution in [0.4, 0.5) is 5.13 Å². The average Bonchev–Trinajstić information content (AvgIpc) is 3.28. The number of carbonyl (C=O) groups excluding carboxylic acids is 2. The van der Waals surface area contributed by atoms with Crippen molar-refractivity contribution in [3.63, 3.8) is 0 Å². The number of Topliss-reactive ketones (excluding diaryl/α,β-unsaturated/α-hetero) is 1. The molecule has 0 unspecified atom stereocenters. The molecule has 28 heavy (non-hydrogen) atoms. The Bertz CT molecular complexity index is 887. The van der Waals surface area contributed by atoms with Gasteiger partial charge >= 0.3 is 0 Å². The molecule has 0 aromatic carbocycles. The molecule has 4 saturated carbocycles. The molecule has 0 saturated heterocycles. The largest absolute Gasteiger partial charge is 0.301 e. The van der Waals surface area contributed by atoms with E-state index in [4.69, 9.17) is 11.6 Å². The van der Waals surface area contributed by atoms with Gasteiger partial charge in [0.2, 0.25) is 11.0 Å². The van der Waals surface area contributed by atoms with Crippen LogP contribution in [0.5, 0.6) is 0 Å². The summed E-state index contributed by atoms with van der Waals surface area (Å²) in [5.41, 5.74) is 0.198. The lowest BCUT2D eigenvalue weighted by Gasteiger charge is -2.55. The van der Waals surface area contributed by atoms with Crippen LogP contribution in [0.1, 0.15) is 66.0 Å². The maximum absolute atomic E-state index is 12.3. The van der Waals surface area contributed by atoms with Gasteiger partial charge in [0.05, 0.1) is 9.21 Å². The Labute approximate surface area is 176 Å². The summed E-state index contributed by atoms with van der Waals surface area (Å²) in [6.45, 7) is 0. The van der Waals surface area contributed by atoms with Crippen molar-refractivity contribution in [1.82, 2.24) is 10.2 Å². The van der Waals surface area contributed by atoms with E-state index in [1.165, 1.54) is 61.2 Å². The third kappa shape index (κ3) is 3.53. The van der Waals surface area contributed by atoms with E-state index in [0.717, 1.165) is 22.8 Å². The number of thiophene rings is 1. The van der Waals surface area contributed by atoms with Crippen LogP contribution in [0.2, 0.25) is 4.34 Å². The van der Waals surface area contributed by atoms with Crippen molar-refractivity contribution in [2.24, 2.45) is 17.8 Å². The molecule has 148 valence electrons. The molecule has 4 aliphatic rings. The number of amides is 1. The van der Waals surface area contributed by atoms with Gasteiger partial charge < -0.3 is 5.32 Å². The molecule has 4 bridgehead atoms. The van der Waals surface area contributed by atoms with E-state index in [2.05, 4.69) is 15.5 Å². The quantitative estimate of drug-likeness (QED) is 0.623. The number of carbonyl (C=O) groups is 2. The predicted octanol–water partition coefficient (Wildman–Crippen LogP) is 5.32. The molecule has 2 aromatic heterocycles. The van der Waals surface area contributed by atoms with E-state index in [-0.39, 0.29) is 29.9 Å². The Morgan fingerprint density at radius 1 is 1.04 bits per heavy atom.